The van der Waals surface area contributed by atoms with Gasteiger partial charge in [0.1, 0.15) is 0 Å². The first-order chi connectivity index (χ1) is 14.4. The molecule has 156 valence electrons. The Balaban J connectivity index is 1.88. The summed E-state index contributed by atoms with van der Waals surface area (Å²) in [7, 11) is 0. The number of halogens is 1. The Labute approximate surface area is 182 Å². The van der Waals surface area contributed by atoms with Crippen LogP contribution in [-0.2, 0) is 20.9 Å². The van der Waals surface area contributed by atoms with Crippen molar-refractivity contribution in [2.24, 2.45) is 4.99 Å². The number of thioether (sulfide) groups is 1. The summed E-state index contributed by atoms with van der Waals surface area (Å²) < 4.78 is 4.95. The van der Waals surface area contributed by atoms with Crippen LogP contribution in [0.4, 0.5) is 5.69 Å². The number of nitrogens with zero attached hydrogens (tertiary/aromatic N) is 2. The van der Waals surface area contributed by atoms with Crippen molar-refractivity contribution < 1.29 is 24.2 Å². The number of hydrogen-bond donors (Lipinski definition) is 0. The molecule has 2 aromatic carbocycles. The van der Waals surface area contributed by atoms with E-state index in [2.05, 4.69) is 4.99 Å². The first kappa shape index (κ1) is 21.9. The number of rotatable bonds is 6. The predicted molar refractivity (Wildman–Crippen MR) is 112 cm³/mol. The fraction of sp³-hybridized carbons (Fsp3) is 0.238. The fourth-order valence-electron chi connectivity index (χ4n) is 2.75. The van der Waals surface area contributed by atoms with Crippen LogP contribution in [-0.4, -0.2) is 39.8 Å². The van der Waals surface area contributed by atoms with Gasteiger partial charge in [-0.2, -0.15) is 0 Å². The number of benzene rings is 2. The van der Waals surface area contributed by atoms with Crippen LogP contribution in [0.2, 0.25) is 5.02 Å². The molecule has 1 amide bonds. The summed E-state index contributed by atoms with van der Waals surface area (Å²) in [6, 6.07) is 13.3. The maximum Gasteiger partial charge on any atom is 0.338 e. The van der Waals surface area contributed by atoms with Gasteiger partial charge >= 0.3 is 5.97 Å². The molecule has 0 N–H and O–H groups in total. The van der Waals surface area contributed by atoms with Crippen LogP contribution in [0.25, 0.3) is 0 Å². The average molecular weight is 446 g/mol. The van der Waals surface area contributed by atoms with E-state index in [-0.39, 0.29) is 30.6 Å². The number of amidine groups is 1. The second kappa shape index (κ2) is 9.77. The van der Waals surface area contributed by atoms with E-state index in [1.165, 1.54) is 4.90 Å². The van der Waals surface area contributed by atoms with Crippen molar-refractivity contribution in [3.63, 3.8) is 0 Å². The fourth-order valence-corrected chi connectivity index (χ4v) is 3.91. The van der Waals surface area contributed by atoms with E-state index in [1.54, 1.807) is 55.5 Å². The van der Waals surface area contributed by atoms with E-state index in [9.17, 15) is 19.5 Å². The molecule has 0 bridgehead atoms. The molecule has 1 saturated heterocycles. The minimum atomic E-state index is -1.31. The molecule has 0 aliphatic carbocycles. The number of carbonyl (C=O) groups excluding carboxylic acids is 3. The molecular formula is C21H18ClN2O5S-. The second-order valence-corrected chi connectivity index (χ2v) is 8.00. The Bertz CT molecular complexity index is 976. The van der Waals surface area contributed by atoms with Crippen molar-refractivity contribution in [3.05, 3.63) is 64.7 Å². The number of esters is 1. The zero-order chi connectivity index (χ0) is 21.7. The maximum atomic E-state index is 12.6. The van der Waals surface area contributed by atoms with Crippen molar-refractivity contribution in [3.8, 4) is 0 Å². The molecule has 0 unspecified atom stereocenters. The average Bonchev–Trinajstić information content (AvgIpc) is 2.72. The monoisotopic (exact) mass is 445 g/mol. The zero-order valence-corrected chi connectivity index (χ0v) is 17.6. The van der Waals surface area contributed by atoms with Gasteiger partial charge in [-0.1, -0.05) is 35.5 Å². The number of carboxylic acid groups (broad SMARTS) is 1. The lowest BCUT2D eigenvalue weighted by atomic mass is 10.2. The summed E-state index contributed by atoms with van der Waals surface area (Å²) in [5.74, 6) is -2.12. The summed E-state index contributed by atoms with van der Waals surface area (Å²) in [4.78, 5) is 41.7. The van der Waals surface area contributed by atoms with Gasteiger partial charge in [0, 0.05) is 11.4 Å². The van der Waals surface area contributed by atoms with Crippen LogP contribution in [0.1, 0.15) is 29.3 Å². The van der Waals surface area contributed by atoms with E-state index in [0.717, 1.165) is 17.3 Å². The van der Waals surface area contributed by atoms with E-state index < -0.39 is 17.2 Å². The number of carbonyl (C=O) groups is 3. The quantitative estimate of drug-likeness (QED) is 0.634. The van der Waals surface area contributed by atoms with Crippen molar-refractivity contribution in [2.75, 3.05) is 6.61 Å². The van der Waals surface area contributed by atoms with Crippen LogP contribution >= 0.6 is 23.4 Å². The van der Waals surface area contributed by atoms with Gasteiger partial charge in [-0.15, -0.1) is 0 Å². The lowest BCUT2D eigenvalue weighted by Crippen LogP contribution is -2.47. The molecule has 2 aromatic rings. The second-order valence-electron chi connectivity index (χ2n) is 6.40. The van der Waals surface area contributed by atoms with Gasteiger partial charge in [0.2, 0.25) is 5.91 Å². The van der Waals surface area contributed by atoms with E-state index >= 15 is 0 Å². The molecule has 1 fully saturated rings. The molecule has 1 aliphatic heterocycles. The van der Waals surface area contributed by atoms with Crippen molar-refractivity contribution in [1.29, 1.82) is 0 Å². The largest absolute Gasteiger partial charge is 0.549 e. The molecule has 0 aromatic heterocycles. The summed E-state index contributed by atoms with van der Waals surface area (Å²) in [6.07, 6.45) is -0.179. The van der Waals surface area contributed by atoms with Crippen LogP contribution in [0.5, 0.6) is 0 Å². The standard InChI is InChI=1S/C21H19ClN2O5S/c1-2-29-20(28)14-5-9-16(10-6-14)23-21-24(12-13-3-7-15(22)8-4-13)18(25)11-17(30-21)19(26)27/h3-10,17H,2,11-12H2,1H3,(H,26,27)/p-1/t17-/m1/s1. The SMILES string of the molecule is CCOC(=O)c1ccc(N=C2S[C@@H](C(=O)[O-])CC(=O)N2Cc2ccc(Cl)cc2)cc1. The molecule has 0 saturated carbocycles. The summed E-state index contributed by atoms with van der Waals surface area (Å²) in [5, 5.41) is 11.2. The van der Waals surface area contributed by atoms with Gasteiger partial charge < -0.3 is 14.6 Å². The lowest BCUT2D eigenvalue weighted by molar-refractivity contribution is -0.304. The molecule has 0 spiro atoms. The van der Waals surface area contributed by atoms with Crippen molar-refractivity contribution in [2.45, 2.75) is 25.1 Å². The number of carboxylic acids is 1. The number of aliphatic imine (C=N–C) groups is 1. The lowest BCUT2D eigenvalue weighted by Gasteiger charge is -2.32. The van der Waals surface area contributed by atoms with Crippen molar-refractivity contribution in [1.82, 2.24) is 4.90 Å². The van der Waals surface area contributed by atoms with Gasteiger partial charge in [-0.3, -0.25) is 9.69 Å². The van der Waals surface area contributed by atoms with E-state index in [4.69, 9.17) is 16.3 Å². The third-order valence-corrected chi connectivity index (χ3v) is 5.68. The number of aliphatic carboxylic acids is 1. The Hall–Kier alpha value is -2.84. The smallest absolute Gasteiger partial charge is 0.338 e. The third kappa shape index (κ3) is 5.40. The Morgan fingerprint density at radius 3 is 2.47 bits per heavy atom. The molecule has 1 atom stereocenters. The minimum absolute atomic E-state index is 0.179. The summed E-state index contributed by atoms with van der Waals surface area (Å²) in [5.41, 5.74) is 1.67. The first-order valence-corrected chi connectivity index (χ1v) is 10.4. The number of hydrogen-bond acceptors (Lipinski definition) is 7. The minimum Gasteiger partial charge on any atom is -0.549 e. The topological polar surface area (TPSA) is 99.1 Å². The Morgan fingerprint density at radius 2 is 1.87 bits per heavy atom. The highest BCUT2D eigenvalue weighted by atomic mass is 35.5. The highest BCUT2D eigenvalue weighted by Gasteiger charge is 2.32. The van der Waals surface area contributed by atoms with Gasteiger partial charge in [0.25, 0.3) is 0 Å². The Kier molecular flexibility index (Phi) is 7.12. The highest BCUT2D eigenvalue weighted by Crippen LogP contribution is 2.30. The van der Waals surface area contributed by atoms with Crippen LogP contribution in [0, 0.1) is 0 Å². The first-order valence-electron chi connectivity index (χ1n) is 9.15. The summed E-state index contributed by atoms with van der Waals surface area (Å²) >= 11 is 6.88. The van der Waals surface area contributed by atoms with Crippen LogP contribution in [0.15, 0.2) is 53.5 Å². The number of ether oxygens (including phenoxy) is 1. The number of amides is 1. The van der Waals surface area contributed by atoms with Crippen LogP contribution in [0.3, 0.4) is 0 Å². The Morgan fingerprint density at radius 1 is 1.20 bits per heavy atom. The molecule has 3 rings (SSSR count). The summed E-state index contributed by atoms with van der Waals surface area (Å²) in [6.45, 7) is 2.22. The van der Waals surface area contributed by atoms with Gasteiger partial charge in [-0.05, 0) is 48.9 Å². The van der Waals surface area contributed by atoms with Gasteiger partial charge in [0.15, 0.2) is 5.17 Å². The third-order valence-electron chi connectivity index (χ3n) is 4.26. The molecular weight excluding hydrogens is 428 g/mol. The van der Waals surface area contributed by atoms with Crippen molar-refractivity contribution >= 4 is 52.1 Å². The zero-order valence-electron chi connectivity index (χ0n) is 16.0. The normalized spacial score (nSPS) is 17.8. The molecule has 9 heteroatoms. The van der Waals surface area contributed by atoms with Gasteiger partial charge in [-0.25, -0.2) is 9.79 Å². The van der Waals surface area contributed by atoms with Crippen LogP contribution < -0.4 is 5.11 Å². The molecule has 1 heterocycles. The van der Waals surface area contributed by atoms with E-state index in [1.807, 2.05) is 0 Å². The molecule has 0 radical (unpaired) electrons. The highest BCUT2D eigenvalue weighted by molar-refractivity contribution is 8.15. The predicted octanol–water partition coefficient (Wildman–Crippen LogP) is 2.79. The maximum absolute atomic E-state index is 12.6. The van der Waals surface area contributed by atoms with Gasteiger partial charge in [0.05, 0.1) is 35.6 Å². The van der Waals surface area contributed by atoms with E-state index in [0.29, 0.717) is 16.3 Å². The molecule has 1 aliphatic rings. The molecule has 7 nitrogen and oxygen atoms in total. The molecule has 30 heavy (non-hydrogen) atoms.